The zero-order valence-electron chi connectivity index (χ0n) is 11.6. The van der Waals surface area contributed by atoms with Crippen molar-refractivity contribution in [3.8, 4) is 0 Å². The first-order chi connectivity index (χ1) is 9.19. The first kappa shape index (κ1) is 14.4. The molecule has 1 aliphatic rings. The zero-order valence-corrected chi connectivity index (χ0v) is 11.6. The molecule has 0 saturated heterocycles. The van der Waals surface area contributed by atoms with Gasteiger partial charge in [0.1, 0.15) is 11.6 Å². The Morgan fingerprint density at radius 2 is 1.68 bits per heavy atom. The van der Waals surface area contributed by atoms with Crippen molar-refractivity contribution in [2.75, 3.05) is 13.1 Å². The van der Waals surface area contributed by atoms with Crippen molar-refractivity contribution in [3.05, 3.63) is 35.4 Å². The molecule has 0 aromatic heterocycles. The van der Waals surface area contributed by atoms with Gasteiger partial charge in [-0.1, -0.05) is 19.8 Å². The van der Waals surface area contributed by atoms with Gasteiger partial charge in [0.2, 0.25) is 0 Å². The van der Waals surface area contributed by atoms with Crippen LogP contribution in [0.4, 0.5) is 8.78 Å². The summed E-state index contributed by atoms with van der Waals surface area (Å²) in [6, 6.07) is 3.89. The first-order valence-corrected chi connectivity index (χ1v) is 7.34. The van der Waals surface area contributed by atoms with Crippen molar-refractivity contribution in [2.24, 2.45) is 11.8 Å². The van der Waals surface area contributed by atoms with Crippen molar-refractivity contribution >= 4 is 0 Å². The molecule has 1 saturated carbocycles. The van der Waals surface area contributed by atoms with Crippen LogP contribution in [0.2, 0.25) is 0 Å². The lowest BCUT2D eigenvalue weighted by atomic mass is 9.76. The third-order valence-electron chi connectivity index (χ3n) is 4.14. The number of hydrogen-bond donors (Lipinski definition) is 1. The Bertz CT molecular complexity index is 385. The van der Waals surface area contributed by atoms with Crippen LogP contribution in [-0.2, 0) is 6.42 Å². The van der Waals surface area contributed by atoms with E-state index in [4.69, 9.17) is 0 Å². The predicted molar refractivity (Wildman–Crippen MR) is 74.1 cm³/mol. The smallest absolute Gasteiger partial charge is 0.126 e. The zero-order chi connectivity index (χ0) is 13.7. The second-order valence-corrected chi connectivity index (χ2v) is 5.59. The van der Waals surface area contributed by atoms with E-state index in [1.807, 2.05) is 0 Å². The van der Waals surface area contributed by atoms with Crippen LogP contribution in [0.15, 0.2) is 18.2 Å². The van der Waals surface area contributed by atoms with Gasteiger partial charge in [0.15, 0.2) is 0 Å². The normalized spacial score (nSPS) is 23.5. The quantitative estimate of drug-likeness (QED) is 0.852. The van der Waals surface area contributed by atoms with E-state index < -0.39 is 11.6 Å². The number of nitrogens with one attached hydrogen (secondary N) is 1. The average Bonchev–Trinajstić information content (AvgIpc) is 2.36. The van der Waals surface area contributed by atoms with Gasteiger partial charge in [-0.05, 0) is 61.9 Å². The Morgan fingerprint density at radius 1 is 1.05 bits per heavy atom. The van der Waals surface area contributed by atoms with Crippen molar-refractivity contribution in [1.82, 2.24) is 5.32 Å². The molecule has 3 heteroatoms. The Kier molecular flexibility index (Phi) is 5.32. The fraction of sp³-hybridized carbons (Fsp3) is 0.625. The molecule has 1 nitrogen and oxygen atoms in total. The number of rotatable bonds is 5. The van der Waals surface area contributed by atoms with Gasteiger partial charge in [-0.15, -0.1) is 0 Å². The van der Waals surface area contributed by atoms with Gasteiger partial charge in [-0.3, -0.25) is 0 Å². The van der Waals surface area contributed by atoms with Gasteiger partial charge in [0.25, 0.3) is 0 Å². The van der Waals surface area contributed by atoms with Crippen molar-refractivity contribution in [3.63, 3.8) is 0 Å². The summed E-state index contributed by atoms with van der Waals surface area (Å²) in [6.45, 7) is 4.12. The molecule has 0 aliphatic heterocycles. The molecule has 0 radical (unpaired) electrons. The van der Waals surface area contributed by atoms with Crippen LogP contribution < -0.4 is 5.32 Å². The third kappa shape index (κ3) is 4.27. The molecule has 1 aromatic rings. The lowest BCUT2D eigenvalue weighted by Crippen LogP contribution is -2.31. The van der Waals surface area contributed by atoms with Crippen molar-refractivity contribution < 1.29 is 8.78 Å². The van der Waals surface area contributed by atoms with E-state index in [1.54, 1.807) is 0 Å². The molecule has 1 aliphatic carbocycles. The summed E-state index contributed by atoms with van der Waals surface area (Å²) >= 11 is 0. The largest absolute Gasteiger partial charge is 0.317 e. The highest BCUT2D eigenvalue weighted by molar-refractivity contribution is 5.18. The Labute approximate surface area is 114 Å². The molecule has 2 atom stereocenters. The Hall–Kier alpha value is -0.960. The lowest BCUT2D eigenvalue weighted by Gasteiger charge is -2.32. The van der Waals surface area contributed by atoms with Gasteiger partial charge in [0.05, 0.1) is 0 Å². The van der Waals surface area contributed by atoms with E-state index in [9.17, 15) is 8.78 Å². The summed E-state index contributed by atoms with van der Waals surface area (Å²) in [5.41, 5.74) is 0.797. The van der Waals surface area contributed by atoms with Gasteiger partial charge in [-0.2, -0.15) is 0 Å². The number of hydrogen-bond acceptors (Lipinski definition) is 1. The highest BCUT2D eigenvalue weighted by Crippen LogP contribution is 2.32. The minimum Gasteiger partial charge on any atom is -0.317 e. The summed E-state index contributed by atoms with van der Waals surface area (Å²) < 4.78 is 26.5. The van der Waals surface area contributed by atoms with Crippen LogP contribution in [-0.4, -0.2) is 13.1 Å². The van der Waals surface area contributed by atoms with Crippen LogP contribution in [0.3, 0.4) is 0 Å². The van der Waals surface area contributed by atoms with Gasteiger partial charge >= 0.3 is 0 Å². The van der Waals surface area contributed by atoms with Crippen LogP contribution in [0.1, 0.15) is 38.2 Å². The molecule has 1 aromatic carbocycles. The van der Waals surface area contributed by atoms with Crippen LogP contribution in [0, 0.1) is 23.5 Å². The molecule has 106 valence electrons. The highest BCUT2D eigenvalue weighted by atomic mass is 19.1. The van der Waals surface area contributed by atoms with E-state index in [-0.39, 0.29) is 0 Å². The van der Waals surface area contributed by atoms with Gasteiger partial charge < -0.3 is 5.32 Å². The molecule has 2 rings (SSSR count). The fourth-order valence-electron chi connectivity index (χ4n) is 3.18. The molecular formula is C16H23F2N. The minimum absolute atomic E-state index is 0.464. The van der Waals surface area contributed by atoms with Crippen molar-refractivity contribution in [2.45, 2.75) is 39.0 Å². The summed E-state index contributed by atoms with van der Waals surface area (Å²) in [7, 11) is 0. The van der Waals surface area contributed by atoms with E-state index in [2.05, 4.69) is 12.2 Å². The molecule has 0 spiro atoms. The van der Waals surface area contributed by atoms with Crippen LogP contribution in [0.25, 0.3) is 0 Å². The molecule has 0 bridgehead atoms. The summed E-state index contributed by atoms with van der Waals surface area (Å²) in [5.74, 6) is 0.261. The van der Waals surface area contributed by atoms with Crippen LogP contribution >= 0.6 is 0 Å². The monoisotopic (exact) mass is 267 g/mol. The Morgan fingerprint density at radius 3 is 2.32 bits per heavy atom. The maximum atomic E-state index is 13.2. The molecule has 0 heterocycles. The topological polar surface area (TPSA) is 12.0 Å². The highest BCUT2D eigenvalue weighted by Gasteiger charge is 2.25. The summed E-state index contributed by atoms with van der Waals surface area (Å²) in [4.78, 5) is 0. The molecular weight excluding hydrogens is 244 g/mol. The van der Waals surface area contributed by atoms with E-state index in [0.29, 0.717) is 11.8 Å². The predicted octanol–water partition coefficient (Wildman–Crippen LogP) is 3.92. The van der Waals surface area contributed by atoms with Gasteiger partial charge in [-0.25, -0.2) is 8.78 Å². The second kappa shape index (κ2) is 6.99. The van der Waals surface area contributed by atoms with Crippen LogP contribution in [0.5, 0.6) is 0 Å². The fourth-order valence-corrected chi connectivity index (χ4v) is 3.18. The van der Waals surface area contributed by atoms with Gasteiger partial charge in [0, 0.05) is 6.07 Å². The summed E-state index contributed by atoms with van der Waals surface area (Å²) in [5, 5.41) is 3.41. The molecule has 19 heavy (non-hydrogen) atoms. The minimum atomic E-state index is -0.464. The first-order valence-electron chi connectivity index (χ1n) is 7.34. The molecule has 0 amide bonds. The van der Waals surface area contributed by atoms with E-state index >= 15 is 0 Å². The SMILES string of the molecule is CCNCC1CCCCC1Cc1cc(F)cc(F)c1. The number of benzene rings is 1. The standard InChI is InChI=1S/C16H23F2N/c1-2-19-11-14-6-4-3-5-13(14)7-12-8-15(17)10-16(18)9-12/h8-10,13-14,19H,2-7,11H2,1H3. The maximum absolute atomic E-state index is 13.2. The summed E-state index contributed by atoms with van der Waals surface area (Å²) in [6.07, 6.45) is 5.73. The van der Waals surface area contributed by atoms with E-state index in [0.717, 1.165) is 31.1 Å². The molecule has 1 fully saturated rings. The molecule has 1 N–H and O–H groups in total. The average molecular weight is 267 g/mol. The lowest BCUT2D eigenvalue weighted by molar-refractivity contribution is 0.229. The molecule has 2 unspecified atom stereocenters. The Balaban J connectivity index is 2.01. The second-order valence-electron chi connectivity index (χ2n) is 5.59. The number of halogens is 2. The van der Waals surface area contributed by atoms with E-state index in [1.165, 1.54) is 37.8 Å². The van der Waals surface area contributed by atoms with Crippen molar-refractivity contribution in [1.29, 1.82) is 0 Å². The third-order valence-corrected chi connectivity index (χ3v) is 4.14. The maximum Gasteiger partial charge on any atom is 0.126 e.